The summed E-state index contributed by atoms with van der Waals surface area (Å²) in [5, 5.41) is 14.1. The standard InChI is InChI=1S/C14H20N2O/c1-9(2)15-13(8-17)14-10(3)16-12-7-5-4-6-11(12)14/h4-7,9,13,15-17H,8H2,1-3H3. The van der Waals surface area contributed by atoms with Gasteiger partial charge >= 0.3 is 0 Å². The van der Waals surface area contributed by atoms with Gasteiger partial charge in [0.25, 0.3) is 0 Å². The van der Waals surface area contributed by atoms with Crippen molar-refractivity contribution in [2.75, 3.05) is 6.61 Å². The molecule has 0 amide bonds. The number of nitrogens with one attached hydrogen (secondary N) is 2. The number of aliphatic hydroxyl groups is 1. The zero-order chi connectivity index (χ0) is 12.4. The van der Waals surface area contributed by atoms with Gasteiger partial charge in [0.1, 0.15) is 0 Å². The topological polar surface area (TPSA) is 48.0 Å². The van der Waals surface area contributed by atoms with E-state index in [1.165, 1.54) is 10.9 Å². The van der Waals surface area contributed by atoms with Crippen LogP contribution in [0.5, 0.6) is 0 Å². The van der Waals surface area contributed by atoms with Gasteiger partial charge in [0.15, 0.2) is 0 Å². The molecule has 0 aliphatic rings. The molecule has 1 atom stereocenters. The number of hydrogen-bond donors (Lipinski definition) is 3. The van der Waals surface area contributed by atoms with Gasteiger partial charge in [0.2, 0.25) is 0 Å². The van der Waals surface area contributed by atoms with Crippen LogP contribution in [0.2, 0.25) is 0 Å². The largest absolute Gasteiger partial charge is 0.394 e. The molecule has 1 aromatic heterocycles. The Morgan fingerprint density at radius 1 is 1.29 bits per heavy atom. The van der Waals surface area contributed by atoms with Crippen LogP contribution in [0.3, 0.4) is 0 Å². The Bertz CT molecular complexity index is 502. The predicted molar refractivity (Wildman–Crippen MR) is 71.1 cm³/mol. The van der Waals surface area contributed by atoms with Gasteiger partial charge in [-0.1, -0.05) is 32.0 Å². The molecule has 2 aromatic rings. The molecule has 3 heteroatoms. The fourth-order valence-corrected chi connectivity index (χ4v) is 2.38. The van der Waals surface area contributed by atoms with Crippen molar-refractivity contribution < 1.29 is 5.11 Å². The molecule has 1 heterocycles. The number of H-pyrrole nitrogens is 1. The summed E-state index contributed by atoms with van der Waals surface area (Å²) in [6, 6.07) is 8.55. The van der Waals surface area contributed by atoms with Crippen molar-refractivity contribution in [3.05, 3.63) is 35.5 Å². The van der Waals surface area contributed by atoms with Crippen LogP contribution in [0.4, 0.5) is 0 Å². The van der Waals surface area contributed by atoms with Crippen LogP contribution in [0.15, 0.2) is 24.3 Å². The fourth-order valence-electron chi connectivity index (χ4n) is 2.38. The number of fused-ring (bicyclic) bond motifs is 1. The van der Waals surface area contributed by atoms with Crippen molar-refractivity contribution >= 4 is 10.9 Å². The predicted octanol–water partition coefficient (Wildman–Crippen LogP) is 2.51. The monoisotopic (exact) mass is 232 g/mol. The molecule has 92 valence electrons. The number of benzene rings is 1. The normalized spacial score (nSPS) is 13.5. The van der Waals surface area contributed by atoms with E-state index in [1.807, 2.05) is 12.1 Å². The summed E-state index contributed by atoms with van der Waals surface area (Å²) in [5.41, 5.74) is 3.43. The highest BCUT2D eigenvalue weighted by atomic mass is 16.3. The van der Waals surface area contributed by atoms with Crippen molar-refractivity contribution in [2.24, 2.45) is 0 Å². The number of aromatic nitrogens is 1. The van der Waals surface area contributed by atoms with E-state index in [1.54, 1.807) is 0 Å². The van der Waals surface area contributed by atoms with Crippen molar-refractivity contribution in [3.8, 4) is 0 Å². The minimum atomic E-state index is -0.00819. The van der Waals surface area contributed by atoms with Crippen molar-refractivity contribution in [1.29, 1.82) is 0 Å². The quantitative estimate of drug-likeness (QED) is 0.758. The molecule has 0 aliphatic heterocycles. The second kappa shape index (κ2) is 4.90. The van der Waals surface area contributed by atoms with E-state index >= 15 is 0 Å². The minimum Gasteiger partial charge on any atom is -0.394 e. The highest BCUT2D eigenvalue weighted by Gasteiger charge is 2.18. The molecule has 0 radical (unpaired) electrons. The molecule has 0 spiro atoms. The van der Waals surface area contributed by atoms with E-state index < -0.39 is 0 Å². The summed E-state index contributed by atoms with van der Waals surface area (Å²) in [7, 11) is 0. The Balaban J connectivity index is 2.48. The summed E-state index contributed by atoms with van der Waals surface area (Å²) in [6.45, 7) is 6.35. The molecule has 0 fully saturated rings. The van der Waals surface area contributed by atoms with Crippen molar-refractivity contribution in [2.45, 2.75) is 32.9 Å². The molecular weight excluding hydrogens is 212 g/mol. The molecule has 1 aromatic carbocycles. The first kappa shape index (κ1) is 12.1. The average molecular weight is 232 g/mol. The zero-order valence-electron chi connectivity index (χ0n) is 10.6. The third kappa shape index (κ3) is 2.35. The fraction of sp³-hybridized carbons (Fsp3) is 0.429. The number of rotatable bonds is 4. The lowest BCUT2D eigenvalue weighted by Crippen LogP contribution is -2.30. The van der Waals surface area contributed by atoms with E-state index in [9.17, 15) is 5.11 Å². The first-order valence-electron chi connectivity index (χ1n) is 6.07. The van der Waals surface area contributed by atoms with E-state index in [2.05, 4.69) is 43.2 Å². The SMILES string of the molecule is Cc1[nH]c2ccccc2c1C(CO)NC(C)C. The second-order valence-electron chi connectivity index (χ2n) is 4.77. The molecule has 2 rings (SSSR count). The molecule has 17 heavy (non-hydrogen) atoms. The van der Waals surface area contributed by atoms with Gasteiger partial charge in [-0.2, -0.15) is 0 Å². The molecule has 0 bridgehead atoms. The van der Waals surface area contributed by atoms with Gasteiger partial charge in [0.05, 0.1) is 12.6 Å². The van der Waals surface area contributed by atoms with Gasteiger partial charge in [-0.3, -0.25) is 0 Å². The highest BCUT2D eigenvalue weighted by molar-refractivity contribution is 5.85. The molecule has 0 saturated heterocycles. The van der Waals surface area contributed by atoms with Crippen LogP contribution in [-0.4, -0.2) is 22.7 Å². The zero-order valence-corrected chi connectivity index (χ0v) is 10.6. The third-order valence-electron chi connectivity index (χ3n) is 3.01. The lowest BCUT2D eigenvalue weighted by molar-refractivity contribution is 0.237. The van der Waals surface area contributed by atoms with Crippen LogP contribution in [0.1, 0.15) is 31.1 Å². The van der Waals surface area contributed by atoms with E-state index in [0.29, 0.717) is 6.04 Å². The van der Waals surface area contributed by atoms with Gasteiger partial charge in [-0.25, -0.2) is 0 Å². The minimum absolute atomic E-state index is 0.00819. The molecule has 1 unspecified atom stereocenters. The number of aromatic amines is 1. The summed E-state index contributed by atoms with van der Waals surface area (Å²) in [5.74, 6) is 0. The van der Waals surface area contributed by atoms with Crippen LogP contribution < -0.4 is 5.32 Å². The van der Waals surface area contributed by atoms with Crippen LogP contribution >= 0.6 is 0 Å². The Labute approximate surface area is 102 Å². The third-order valence-corrected chi connectivity index (χ3v) is 3.01. The maximum absolute atomic E-state index is 9.55. The van der Waals surface area contributed by atoms with Gasteiger partial charge in [-0.15, -0.1) is 0 Å². The van der Waals surface area contributed by atoms with Crippen molar-refractivity contribution in [1.82, 2.24) is 10.3 Å². The summed E-state index contributed by atoms with van der Waals surface area (Å²) in [4.78, 5) is 3.36. The molecular formula is C14H20N2O. The Hall–Kier alpha value is -1.32. The number of hydrogen-bond acceptors (Lipinski definition) is 2. The molecule has 0 saturated carbocycles. The van der Waals surface area contributed by atoms with Crippen LogP contribution in [0.25, 0.3) is 10.9 Å². The smallest absolute Gasteiger partial charge is 0.0627 e. The Morgan fingerprint density at radius 3 is 2.65 bits per heavy atom. The van der Waals surface area contributed by atoms with Gasteiger partial charge in [-0.05, 0) is 18.6 Å². The maximum Gasteiger partial charge on any atom is 0.0627 e. The van der Waals surface area contributed by atoms with Gasteiger partial charge in [0, 0.05) is 22.6 Å². The Kier molecular flexibility index (Phi) is 3.50. The Morgan fingerprint density at radius 2 is 2.00 bits per heavy atom. The lowest BCUT2D eigenvalue weighted by Gasteiger charge is -2.19. The maximum atomic E-state index is 9.55. The lowest BCUT2D eigenvalue weighted by atomic mass is 10.0. The van der Waals surface area contributed by atoms with Crippen LogP contribution in [0, 0.1) is 6.92 Å². The number of aliphatic hydroxyl groups excluding tert-OH is 1. The summed E-state index contributed by atoms with van der Waals surface area (Å²) in [6.07, 6.45) is 0. The van der Waals surface area contributed by atoms with Crippen molar-refractivity contribution in [3.63, 3.8) is 0 Å². The van der Waals surface area contributed by atoms with E-state index in [4.69, 9.17) is 0 Å². The summed E-state index contributed by atoms with van der Waals surface area (Å²) < 4.78 is 0. The first-order chi connectivity index (χ1) is 8.13. The summed E-state index contributed by atoms with van der Waals surface area (Å²) >= 11 is 0. The molecule has 0 aliphatic carbocycles. The second-order valence-corrected chi connectivity index (χ2v) is 4.77. The number of aryl methyl sites for hydroxylation is 1. The van der Waals surface area contributed by atoms with E-state index in [0.717, 1.165) is 11.2 Å². The first-order valence-corrected chi connectivity index (χ1v) is 6.07. The molecule has 3 nitrogen and oxygen atoms in total. The number of para-hydroxylation sites is 1. The van der Waals surface area contributed by atoms with Crippen LogP contribution in [-0.2, 0) is 0 Å². The molecule has 3 N–H and O–H groups in total. The highest BCUT2D eigenvalue weighted by Crippen LogP contribution is 2.27. The average Bonchev–Trinajstić information content (AvgIpc) is 2.62. The van der Waals surface area contributed by atoms with E-state index in [-0.39, 0.29) is 12.6 Å². The van der Waals surface area contributed by atoms with Gasteiger partial charge < -0.3 is 15.4 Å².